The first-order valence-electron chi connectivity index (χ1n) is 12.2. The number of rotatable bonds is 9. The maximum atomic E-state index is 11.4. The van der Waals surface area contributed by atoms with E-state index in [4.69, 9.17) is 50.8 Å². The predicted octanol–water partition coefficient (Wildman–Crippen LogP) is -0.265. The molecule has 2 aliphatic rings. The third kappa shape index (κ3) is 7.84. The second kappa shape index (κ2) is 13.2. The van der Waals surface area contributed by atoms with Crippen molar-refractivity contribution in [2.45, 2.75) is 50.3 Å². The minimum Gasteiger partial charge on any atom is -0.391 e. The van der Waals surface area contributed by atoms with Crippen molar-refractivity contribution in [3.05, 3.63) is 28.9 Å². The van der Waals surface area contributed by atoms with Crippen LogP contribution in [0.5, 0.6) is 0 Å². The normalized spacial score (nSPS) is 22.8. The molecule has 0 amide bonds. The number of hydrogen-bond acceptors (Lipinski definition) is 14. The fourth-order valence-electron chi connectivity index (χ4n) is 4.30. The maximum Gasteiger partial charge on any atom is 0.321 e. The van der Waals surface area contributed by atoms with Gasteiger partial charge in [-0.3, -0.25) is 9.78 Å². The van der Waals surface area contributed by atoms with Crippen molar-refractivity contribution in [3.8, 4) is 0 Å². The molecule has 0 bridgehead atoms. The highest BCUT2D eigenvalue weighted by atomic mass is 32.5. The fourth-order valence-corrected chi connectivity index (χ4v) is 4.84. The fraction of sp³-hybridized carbons (Fsp3) is 0.524. The molecular weight excluding hydrogens is 569 g/mol. The molecule has 4 atom stereocenters. The van der Waals surface area contributed by atoms with Gasteiger partial charge in [-0.15, -0.1) is 0 Å². The maximum absolute atomic E-state index is 11.4. The highest BCUT2D eigenvalue weighted by Gasteiger charge is 2.29. The summed E-state index contributed by atoms with van der Waals surface area (Å²) in [5, 5.41) is 12.3. The van der Waals surface area contributed by atoms with E-state index in [1.807, 2.05) is 16.8 Å². The Hall–Kier alpha value is -2.93. The summed E-state index contributed by atoms with van der Waals surface area (Å²) in [6.45, 7) is -3.59. The lowest BCUT2D eigenvalue weighted by molar-refractivity contribution is -0.0579. The molecule has 5 heterocycles. The van der Waals surface area contributed by atoms with Crippen LogP contribution in [0.15, 0.2) is 23.4 Å². The van der Waals surface area contributed by atoms with Gasteiger partial charge in [0, 0.05) is 6.20 Å². The lowest BCUT2D eigenvalue weighted by Gasteiger charge is -2.17. The average molecular weight is 602 g/mol. The van der Waals surface area contributed by atoms with Gasteiger partial charge in [0.05, 0.1) is 30.8 Å². The zero-order valence-electron chi connectivity index (χ0n) is 21.3. The first kappa shape index (κ1) is 30.0. The minimum absolute atomic E-state index is 0.0140. The molecule has 0 saturated carbocycles. The molecule has 5 rings (SSSR count). The van der Waals surface area contributed by atoms with E-state index in [9.17, 15) is 4.79 Å². The van der Waals surface area contributed by atoms with Crippen molar-refractivity contribution in [3.63, 3.8) is 0 Å². The number of fused-ring (bicyclic) bond motifs is 1. The van der Waals surface area contributed by atoms with Crippen molar-refractivity contribution in [1.82, 2.24) is 24.5 Å². The molecule has 0 spiro atoms. The van der Waals surface area contributed by atoms with E-state index in [0.717, 1.165) is 24.6 Å². The number of nitrogen functional groups attached to an aromatic ring is 3. The van der Waals surface area contributed by atoms with Crippen LogP contribution in [0.4, 0.5) is 23.3 Å². The molecular formula is C21H32N9O8PS. The number of aliphatic hydroxyl groups excluding tert-OH is 1. The largest absolute Gasteiger partial charge is 0.391 e. The van der Waals surface area contributed by atoms with Gasteiger partial charge < -0.3 is 60.7 Å². The van der Waals surface area contributed by atoms with Crippen LogP contribution in [0.25, 0.3) is 11.0 Å². The molecule has 40 heavy (non-hydrogen) atoms. The minimum atomic E-state index is -3.63. The third-order valence-electron chi connectivity index (χ3n) is 6.14. The zero-order valence-corrected chi connectivity index (χ0v) is 23.0. The number of ether oxygens (including phenoxy) is 3. The molecule has 11 N–H and O–H groups in total. The topological polar surface area (TPSA) is 264 Å². The van der Waals surface area contributed by atoms with Crippen LogP contribution >= 0.6 is 6.72 Å². The van der Waals surface area contributed by atoms with Gasteiger partial charge in [-0.2, -0.15) is 4.98 Å². The molecule has 220 valence electrons. The lowest BCUT2D eigenvalue weighted by atomic mass is 10.2. The predicted molar refractivity (Wildman–Crippen MR) is 148 cm³/mol. The van der Waals surface area contributed by atoms with E-state index in [-0.39, 0.29) is 55.5 Å². The van der Waals surface area contributed by atoms with Crippen molar-refractivity contribution in [2.24, 2.45) is 0 Å². The van der Waals surface area contributed by atoms with Crippen LogP contribution in [0, 0.1) is 0 Å². The summed E-state index contributed by atoms with van der Waals surface area (Å²) >= 11 is 4.41. The Morgan fingerprint density at radius 1 is 1.15 bits per heavy atom. The van der Waals surface area contributed by atoms with E-state index < -0.39 is 12.3 Å². The van der Waals surface area contributed by atoms with Crippen LogP contribution in [0.1, 0.15) is 31.9 Å². The zero-order chi connectivity index (χ0) is 28.9. The molecule has 19 heteroatoms. The van der Waals surface area contributed by atoms with Crippen molar-refractivity contribution < 1.29 is 33.6 Å². The Morgan fingerprint density at radius 2 is 1.90 bits per heavy atom. The smallest absolute Gasteiger partial charge is 0.321 e. The summed E-state index contributed by atoms with van der Waals surface area (Å²) in [6, 6.07) is 1.85. The van der Waals surface area contributed by atoms with Crippen LogP contribution < -0.4 is 28.1 Å². The number of nitrogens with zero attached hydrogens (tertiary/aromatic N) is 4. The van der Waals surface area contributed by atoms with Gasteiger partial charge >= 0.3 is 6.72 Å². The van der Waals surface area contributed by atoms with Crippen molar-refractivity contribution in [2.75, 3.05) is 42.5 Å². The average Bonchev–Trinajstić information content (AvgIpc) is 3.64. The monoisotopic (exact) mass is 601 g/mol. The Morgan fingerprint density at radius 3 is 2.65 bits per heavy atom. The quantitative estimate of drug-likeness (QED) is 0.116. The number of aromatic nitrogens is 5. The Kier molecular flexibility index (Phi) is 9.88. The first-order chi connectivity index (χ1) is 19.0. The van der Waals surface area contributed by atoms with Gasteiger partial charge in [-0.1, -0.05) is 0 Å². The van der Waals surface area contributed by atoms with Gasteiger partial charge in [0.2, 0.25) is 5.95 Å². The number of nitrogens with one attached hydrogen (secondary N) is 2. The molecule has 2 aliphatic heterocycles. The highest BCUT2D eigenvalue weighted by molar-refractivity contribution is 8.06. The highest BCUT2D eigenvalue weighted by Crippen LogP contribution is 2.39. The molecule has 3 aromatic heterocycles. The number of aromatic amines is 1. The van der Waals surface area contributed by atoms with E-state index in [2.05, 4.69) is 37.1 Å². The summed E-state index contributed by atoms with van der Waals surface area (Å²) in [5.74, 6) is 0.618. The van der Waals surface area contributed by atoms with Crippen LogP contribution in [-0.4, -0.2) is 77.8 Å². The number of anilines is 4. The number of aliphatic hydroxyl groups is 1. The summed E-state index contributed by atoms with van der Waals surface area (Å²) in [5.41, 5.74) is 17.0. The molecule has 2 saturated heterocycles. The lowest BCUT2D eigenvalue weighted by Crippen LogP contribution is -2.26. The van der Waals surface area contributed by atoms with Crippen LogP contribution in [-0.2, 0) is 30.5 Å². The summed E-state index contributed by atoms with van der Waals surface area (Å²) in [4.78, 5) is 43.9. The second-order valence-electron chi connectivity index (χ2n) is 8.98. The van der Waals surface area contributed by atoms with Crippen molar-refractivity contribution >= 4 is 52.8 Å². The SMILES string of the molecule is Nc1nc(NC2CCC(COCO)O2)c(N)c(=O)[nH]1.Nc1ncnc2c1ccn2C1CCC(COP(O)(O)=S)O1. The molecule has 0 aliphatic carbocycles. The molecule has 2 fully saturated rings. The Balaban J connectivity index is 0.000000186. The van der Waals surface area contributed by atoms with Gasteiger partial charge in [0.25, 0.3) is 5.56 Å². The Bertz CT molecular complexity index is 1400. The molecule has 3 aromatic rings. The number of nitrogens with two attached hydrogens (primary N) is 3. The van der Waals surface area contributed by atoms with Crippen LogP contribution in [0.3, 0.4) is 0 Å². The van der Waals surface area contributed by atoms with Crippen LogP contribution in [0.2, 0.25) is 0 Å². The molecule has 0 radical (unpaired) electrons. The third-order valence-corrected chi connectivity index (χ3v) is 6.94. The van der Waals surface area contributed by atoms with Crippen molar-refractivity contribution in [1.29, 1.82) is 0 Å². The summed E-state index contributed by atoms with van der Waals surface area (Å²) < 4.78 is 23.0. The molecule has 17 nitrogen and oxygen atoms in total. The van der Waals surface area contributed by atoms with E-state index in [1.54, 1.807) is 0 Å². The van der Waals surface area contributed by atoms with E-state index in [0.29, 0.717) is 24.5 Å². The van der Waals surface area contributed by atoms with Gasteiger partial charge in [-0.05, 0) is 43.6 Å². The first-order valence-corrected chi connectivity index (χ1v) is 14.8. The summed E-state index contributed by atoms with van der Waals surface area (Å²) in [7, 11) is 0. The number of hydrogen-bond donors (Lipinski definition) is 8. The summed E-state index contributed by atoms with van der Waals surface area (Å²) in [6.07, 6.45) is 5.41. The number of H-pyrrole nitrogens is 1. The molecule has 4 unspecified atom stereocenters. The second-order valence-corrected chi connectivity index (χ2v) is 11.6. The Labute approximate surface area is 232 Å². The van der Waals surface area contributed by atoms with Gasteiger partial charge in [0.15, 0.2) is 5.82 Å². The van der Waals surface area contributed by atoms with E-state index >= 15 is 0 Å². The van der Waals surface area contributed by atoms with Gasteiger partial charge in [-0.25, -0.2) is 9.97 Å². The standard InChI is InChI=1S/C11H15N4O4PS.C10H17N5O4/c12-10-8-3-4-15(11(8)14-6-13-10)9-2-1-7(19-9)5-18-20(16,17)21;11-7-8(14-10(12)15-9(7)17)13-6-2-1-5(19-6)3-18-4-16/h3-4,6-7,9H,1-2,5H2,(H2,12,13,14)(H2,16,17,21);5-6,16H,1-4,11H2,(H4,12,13,14,15,17). The van der Waals surface area contributed by atoms with Gasteiger partial charge in [0.1, 0.15) is 42.7 Å². The molecule has 0 aromatic carbocycles. The van der Waals surface area contributed by atoms with E-state index in [1.165, 1.54) is 6.33 Å².